The van der Waals surface area contributed by atoms with E-state index in [1.165, 1.54) is 0 Å². The minimum atomic E-state index is 0.750. The van der Waals surface area contributed by atoms with Crippen LogP contribution in [0.2, 0.25) is 0 Å². The molecule has 8 heavy (non-hydrogen) atoms. The summed E-state index contributed by atoms with van der Waals surface area (Å²) in [5, 5.41) is 0. The maximum Gasteiger partial charge on any atom is -0.00533 e. The van der Waals surface area contributed by atoms with Gasteiger partial charge >= 0.3 is 0 Å². The van der Waals surface area contributed by atoms with Crippen molar-refractivity contribution in [3.05, 3.63) is 0 Å². The highest BCUT2D eigenvalue weighted by molar-refractivity contribution is 4.25. The SMILES string of the molecule is CCN.CCN(C)C. The molecule has 0 unspecified atom stereocenters. The number of nitrogens with two attached hydrogens (primary N) is 1. The van der Waals surface area contributed by atoms with Crippen LogP contribution in [0.1, 0.15) is 13.8 Å². The Hall–Kier alpha value is -0.0800. The largest absolute Gasteiger partial charge is 0.331 e. The predicted molar refractivity (Wildman–Crippen MR) is 39.0 cm³/mol. The highest BCUT2D eigenvalue weighted by Gasteiger charge is 1.72. The highest BCUT2D eigenvalue weighted by Crippen LogP contribution is 1.63. The smallest absolute Gasteiger partial charge is 0.00533 e. The van der Waals surface area contributed by atoms with Gasteiger partial charge in [-0.15, -0.1) is 0 Å². The van der Waals surface area contributed by atoms with Gasteiger partial charge in [-0.2, -0.15) is 0 Å². The molecule has 0 aromatic carbocycles. The molecule has 2 nitrogen and oxygen atoms in total. The third-order valence-electron chi connectivity index (χ3n) is 0.632. The fraction of sp³-hybridized carbons (Fsp3) is 1.00. The Labute approximate surface area is 52.7 Å². The van der Waals surface area contributed by atoms with E-state index in [1.54, 1.807) is 0 Å². The van der Waals surface area contributed by atoms with Crippen LogP contribution < -0.4 is 5.73 Å². The van der Waals surface area contributed by atoms with Crippen molar-refractivity contribution >= 4 is 0 Å². The summed E-state index contributed by atoms with van der Waals surface area (Å²) in [5.41, 5.74) is 4.85. The van der Waals surface area contributed by atoms with Gasteiger partial charge in [-0.1, -0.05) is 13.8 Å². The fourth-order valence-electron chi connectivity index (χ4n) is 0. The molecule has 2 N–H and O–H groups in total. The fourth-order valence-corrected chi connectivity index (χ4v) is 0. The summed E-state index contributed by atoms with van der Waals surface area (Å²) in [5.74, 6) is 0. The molecule has 0 fully saturated rings. The summed E-state index contributed by atoms with van der Waals surface area (Å²) in [4.78, 5) is 2.12. The van der Waals surface area contributed by atoms with E-state index >= 15 is 0 Å². The zero-order valence-corrected chi connectivity index (χ0v) is 6.44. The summed E-state index contributed by atoms with van der Waals surface area (Å²) in [6.07, 6.45) is 0. The van der Waals surface area contributed by atoms with Gasteiger partial charge in [0.05, 0.1) is 0 Å². The molecule has 0 heterocycles. The van der Waals surface area contributed by atoms with Crippen LogP contribution in [-0.2, 0) is 0 Å². The molecule has 0 rings (SSSR count). The van der Waals surface area contributed by atoms with Gasteiger partial charge in [0.1, 0.15) is 0 Å². The molecule has 0 aromatic heterocycles. The van der Waals surface area contributed by atoms with E-state index in [9.17, 15) is 0 Å². The van der Waals surface area contributed by atoms with Crippen LogP contribution in [0, 0.1) is 0 Å². The summed E-state index contributed by atoms with van der Waals surface area (Å²) < 4.78 is 0. The second-order valence-electron chi connectivity index (χ2n) is 1.80. The Balaban J connectivity index is 0. The third kappa shape index (κ3) is 38.9. The van der Waals surface area contributed by atoms with Gasteiger partial charge in [0.25, 0.3) is 0 Å². The summed E-state index contributed by atoms with van der Waals surface area (Å²) in [6, 6.07) is 0. The van der Waals surface area contributed by atoms with Gasteiger partial charge in [0.2, 0.25) is 0 Å². The molecule has 0 aliphatic carbocycles. The van der Waals surface area contributed by atoms with Crippen molar-refractivity contribution in [3.8, 4) is 0 Å². The van der Waals surface area contributed by atoms with Crippen molar-refractivity contribution < 1.29 is 0 Å². The van der Waals surface area contributed by atoms with Gasteiger partial charge in [-0.3, -0.25) is 0 Å². The Kier molecular flexibility index (Phi) is 13.6. The molecule has 0 saturated heterocycles. The lowest BCUT2D eigenvalue weighted by Gasteiger charge is -2.00. The molecule has 0 aliphatic rings. The molecule has 0 atom stereocenters. The quantitative estimate of drug-likeness (QED) is 0.544. The first-order valence-electron chi connectivity index (χ1n) is 3.03. The van der Waals surface area contributed by atoms with Crippen LogP contribution in [0.15, 0.2) is 0 Å². The first kappa shape index (κ1) is 10.8. The minimum Gasteiger partial charge on any atom is -0.331 e. The zero-order chi connectivity index (χ0) is 6.99. The first-order valence-corrected chi connectivity index (χ1v) is 3.03. The molecular weight excluding hydrogens is 100 g/mol. The minimum absolute atomic E-state index is 0.750. The Morgan fingerprint density at radius 2 is 1.38 bits per heavy atom. The van der Waals surface area contributed by atoms with E-state index in [0.717, 1.165) is 13.1 Å². The standard InChI is InChI=1S/C4H11N.C2H7N/c1-4-5(2)3;1-2-3/h4H2,1-3H3;2-3H2,1H3. The monoisotopic (exact) mass is 118 g/mol. The van der Waals surface area contributed by atoms with Crippen molar-refractivity contribution in [3.63, 3.8) is 0 Å². The van der Waals surface area contributed by atoms with E-state index in [-0.39, 0.29) is 0 Å². The van der Waals surface area contributed by atoms with Gasteiger partial charge in [-0.25, -0.2) is 0 Å². The number of rotatable bonds is 1. The maximum atomic E-state index is 4.85. The van der Waals surface area contributed by atoms with Crippen molar-refractivity contribution in [1.82, 2.24) is 4.90 Å². The second kappa shape index (κ2) is 10.0. The third-order valence-corrected chi connectivity index (χ3v) is 0.632. The van der Waals surface area contributed by atoms with Crippen LogP contribution in [-0.4, -0.2) is 32.1 Å². The first-order chi connectivity index (χ1) is 3.68. The normalized spacial score (nSPS) is 8.25. The van der Waals surface area contributed by atoms with Crippen LogP contribution in [0.4, 0.5) is 0 Å². The number of nitrogens with zero attached hydrogens (tertiary/aromatic N) is 1. The van der Waals surface area contributed by atoms with Crippen molar-refractivity contribution in [2.75, 3.05) is 27.2 Å². The van der Waals surface area contributed by atoms with Crippen LogP contribution in [0.5, 0.6) is 0 Å². The summed E-state index contributed by atoms with van der Waals surface area (Å²) in [6.45, 7) is 5.92. The molecule has 0 saturated carbocycles. The highest BCUT2D eigenvalue weighted by atomic mass is 15.0. The molecule has 2 heteroatoms. The van der Waals surface area contributed by atoms with Gasteiger partial charge < -0.3 is 10.6 Å². The van der Waals surface area contributed by atoms with E-state index < -0.39 is 0 Å². The van der Waals surface area contributed by atoms with E-state index in [1.807, 2.05) is 6.92 Å². The summed E-state index contributed by atoms with van der Waals surface area (Å²) >= 11 is 0. The lowest BCUT2D eigenvalue weighted by Crippen LogP contribution is -2.08. The van der Waals surface area contributed by atoms with E-state index in [4.69, 9.17) is 5.73 Å². The van der Waals surface area contributed by atoms with Gasteiger partial charge in [0, 0.05) is 0 Å². The van der Waals surface area contributed by atoms with Crippen molar-refractivity contribution in [2.45, 2.75) is 13.8 Å². The second-order valence-corrected chi connectivity index (χ2v) is 1.80. The number of hydrogen-bond donors (Lipinski definition) is 1. The van der Waals surface area contributed by atoms with Crippen LogP contribution >= 0.6 is 0 Å². The van der Waals surface area contributed by atoms with Crippen LogP contribution in [0.25, 0.3) is 0 Å². The zero-order valence-electron chi connectivity index (χ0n) is 6.44. The number of hydrogen-bond acceptors (Lipinski definition) is 2. The lowest BCUT2D eigenvalue weighted by molar-refractivity contribution is 0.434. The lowest BCUT2D eigenvalue weighted by atomic mass is 10.7. The Bertz CT molecular complexity index is 27.7. The molecule has 0 aliphatic heterocycles. The van der Waals surface area contributed by atoms with Crippen LogP contribution in [0.3, 0.4) is 0 Å². The summed E-state index contributed by atoms with van der Waals surface area (Å²) in [7, 11) is 4.11. The Morgan fingerprint density at radius 3 is 1.38 bits per heavy atom. The van der Waals surface area contributed by atoms with Gasteiger partial charge in [0.15, 0.2) is 0 Å². The van der Waals surface area contributed by atoms with Crippen molar-refractivity contribution in [1.29, 1.82) is 0 Å². The molecule has 0 radical (unpaired) electrons. The molecule has 52 valence electrons. The average molecular weight is 118 g/mol. The van der Waals surface area contributed by atoms with E-state index in [0.29, 0.717) is 0 Å². The van der Waals surface area contributed by atoms with Crippen molar-refractivity contribution in [2.24, 2.45) is 5.73 Å². The molecular formula is C6H18N2. The predicted octanol–water partition coefficient (Wildman–Crippen LogP) is 0.533. The molecule has 0 bridgehead atoms. The molecule has 0 aromatic rings. The maximum absolute atomic E-state index is 4.85. The average Bonchev–Trinajstić information content (AvgIpc) is 1.69. The van der Waals surface area contributed by atoms with Gasteiger partial charge in [-0.05, 0) is 27.2 Å². The topological polar surface area (TPSA) is 29.3 Å². The molecule has 0 spiro atoms. The molecule has 0 amide bonds. The van der Waals surface area contributed by atoms with E-state index in [2.05, 4.69) is 25.9 Å². The Morgan fingerprint density at radius 1 is 1.25 bits per heavy atom.